The first-order chi connectivity index (χ1) is 33.0. The highest BCUT2D eigenvalue weighted by Crippen LogP contribution is 2.17. The third kappa shape index (κ3) is 20.0. The van der Waals surface area contributed by atoms with E-state index in [1.165, 1.54) is 24.7 Å². The van der Waals surface area contributed by atoms with E-state index in [9.17, 15) is 48.3 Å². The number of hydrogen-bond acceptors (Lipinski definition) is 13. The van der Waals surface area contributed by atoms with Crippen molar-refractivity contribution in [2.24, 2.45) is 29.2 Å². The number of carboxylic acids is 1. The molecule has 3 aromatic rings. The number of H-pyrrole nitrogens is 1. The van der Waals surface area contributed by atoms with Gasteiger partial charge in [-0.1, -0.05) is 95.8 Å². The van der Waals surface area contributed by atoms with E-state index in [1.54, 1.807) is 70.2 Å². The normalized spacial score (nSPS) is 14.3. The van der Waals surface area contributed by atoms with Gasteiger partial charge in [-0.15, -0.1) is 0 Å². The van der Waals surface area contributed by atoms with Crippen LogP contribution in [0.15, 0.2) is 67.1 Å². The number of hydrogen-bond donors (Lipinski definition) is 11. The molecule has 382 valence electrons. The van der Waals surface area contributed by atoms with Crippen LogP contribution in [0.25, 0.3) is 0 Å². The zero-order valence-corrected chi connectivity index (χ0v) is 41.2. The fraction of sp³-hybridized carbons (Fsp3) is 0.500. The number of aromatic hydroxyl groups is 1. The van der Waals surface area contributed by atoms with Crippen molar-refractivity contribution in [1.29, 1.82) is 0 Å². The Bertz CT molecular complexity index is 2230. The molecule has 21 nitrogen and oxygen atoms in total. The maximum Gasteiger partial charge on any atom is 0.304 e. The van der Waals surface area contributed by atoms with Crippen molar-refractivity contribution >= 4 is 64.2 Å². The Balaban J connectivity index is 1.87. The Kier molecular flexibility index (Phi) is 23.5. The molecule has 0 saturated heterocycles. The minimum Gasteiger partial charge on any atom is -0.508 e. The van der Waals surface area contributed by atoms with Crippen LogP contribution in [0.1, 0.15) is 84.0 Å². The quantitative estimate of drug-likeness (QED) is 0.0457. The molecular formula is C48H68N10O11S. The number of phenols is 1. The van der Waals surface area contributed by atoms with Gasteiger partial charge in [0.2, 0.25) is 46.5 Å². The van der Waals surface area contributed by atoms with Crippen LogP contribution in [0.5, 0.6) is 5.75 Å². The Hall–Kier alpha value is -6.81. The predicted octanol–water partition coefficient (Wildman–Crippen LogP) is 0.737. The number of aliphatic carboxylic acids is 1. The third-order valence-corrected chi connectivity index (χ3v) is 11.9. The first-order valence-corrected chi connectivity index (χ1v) is 24.1. The van der Waals surface area contributed by atoms with Crippen LogP contribution in [-0.2, 0) is 62.4 Å². The molecule has 70 heavy (non-hydrogen) atoms. The number of nitrogens with two attached hydrogens (primary N) is 2. The van der Waals surface area contributed by atoms with Gasteiger partial charge in [0, 0.05) is 36.9 Å². The largest absolute Gasteiger partial charge is 0.508 e. The number of amides is 7. The number of nitrogens with zero attached hydrogens (tertiary/aromatic N) is 1. The molecule has 0 spiro atoms. The van der Waals surface area contributed by atoms with Crippen molar-refractivity contribution in [1.82, 2.24) is 41.9 Å². The van der Waals surface area contributed by atoms with Crippen LogP contribution in [0.2, 0.25) is 0 Å². The van der Waals surface area contributed by atoms with Crippen LogP contribution in [0, 0.1) is 17.8 Å². The lowest BCUT2D eigenvalue weighted by molar-refractivity contribution is -0.136. The summed E-state index contributed by atoms with van der Waals surface area (Å²) in [7, 11) is 0. The van der Waals surface area contributed by atoms with Gasteiger partial charge in [0.1, 0.15) is 42.0 Å². The van der Waals surface area contributed by atoms with Crippen molar-refractivity contribution in [3.05, 3.63) is 83.9 Å². The molecule has 0 aliphatic heterocycles. The first-order valence-electron chi connectivity index (χ1n) is 23.1. The van der Waals surface area contributed by atoms with Gasteiger partial charge >= 0.3 is 5.97 Å². The molecule has 7 atom stereocenters. The van der Waals surface area contributed by atoms with E-state index >= 15 is 0 Å². The smallest absolute Gasteiger partial charge is 0.304 e. The number of aromatic amines is 1. The summed E-state index contributed by atoms with van der Waals surface area (Å²) >= 11 is 0.793. The number of carboxylic acid groups (broad SMARTS) is 1. The number of primary amides is 1. The molecule has 0 bridgehead atoms. The lowest BCUT2D eigenvalue weighted by Gasteiger charge is -2.29. The molecule has 0 aliphatic carbocycles. The maximum atomic E-state index is 14.3. The minimum atomic E-state index is -1.39. The summed E-state index contributed by atoms with van der Waals surface area (Å²) in [6.07, 6.45) is 1.98. The lowest BCUT2D eigenvalue weighted by Crippen LogP contribution is -2.61. The Morgan fingerprint density at radius 2 is 1.16 bits per heavy atom. The molecule has 2 aromatic carbocycles. The van der Waals surface area contributed by atoms with Crippen LogP contribution in [0.4, 0.5) is 0 Å². The molecule has 0 unspecified atom stereocenters. The van der Waals surface area contributed by atoms with Crippen LogP contribution >= 0.6 is 11.8 Å². The van der Waals surface area contributed by atoms with E-state index in [1.807, 2.05) is 13.8 Å². The van der Waals surface area contributed by atoms with Crippen molar-refractivity contribution in [2.45, 2.75) is 129 Å². The Morgan fingerprint density at radius 1 is 0.629 bits per heavy atom. The topological polar surface area (TPSA) is 347 Å². The molecule has 1 heterocycles. The second-order valence-electron chi connectivity index (χ2n) is 18.1. The molecular weight excluding hydrogens is 925 g/mol. The van der Waals surface area contributed by atoms with Gasteiger partial charge in [-0.3, -0.25) is 43.2 Å². The molecule has 0 fully saturated rings. The number of thioether (sulfide) groups is 1. The lowest BCUT2D eigenvalue weighted by atomic mass is 9.98. The molecule has 13 N–H and O–H groups in total. The van der Waals surface area contributed by atoms with Gasteiger partial charge in [-0.2, -0.15) is 0 Å². The summed E-state index contributed by atoms with van der Waals surface area (Å²) in [6, 6.07) is 6.14. The molecule has 1 aromatic heterocycles. The van der Waals surface area contributed by atoms with Gasteiger partial charge in [0.05, 0.1) is 18.8 Å². The van der Waals surface area contributed by atoms with E-state index in [4.69, 9.17) is 16.6 Å². The highest BCUT2D eigenvalue weighted by atomic mass is 32.2. The second-order valence-corrected chi connectivity index (χ2v) is 19.2. The molecule has 0 radical (unpaired) electrons. The van der Waals surface area contributed by atoms with E-state index in [-0.39, 0.29) is 68.3 Å². The van der Waals surface area contributed by atoms with Gasteiger partial charge in [0.25, 0.3) is 0 Å². The van der Waals surface area contributed by atoms with Gasteiger partial charge in [0.15, 0.2) is 0 Å². The van der Waals surface area contributed by atoms with Crippen molar-refractivity contribution in [3.8, 4) is 5.75 Å². The summed E-state index contributed by atoms with van der Waals surface area (Å²) in [4.78, 5) is 127. The SMILES string of the molecule is CC(C)C[C@H](NC(=O)[C@H](Cc1ccccc1)NC(=O)[C@@H](NC(=O)[C@H](Cc1cnc[nH]1)NC(=O)[C@H](CCC(N)=O)NC(=O)[C@@H](N)Cc1ccc(O)cc1)C(C)C)C(=O)N[C@H](C(=O)SCCC(=O)O)C(C)C. The molecule has 3 rings (SSSR count). The van der Waals surface area contributed by atoms with Crippen LogP contribution in [-0.4, -0.2) is 121 Å². The second kappa shape index (κ2) is 28.6. The number of aromatic nitrogens is 2. The van der Waals surface area contributed by atoms with Gasteiger partial charge < -0.3 is 58.6 Å². The number of carbonyl (C=O) groups excluding carboxylic acids is 8. The zero-order valence-electron chi connectivity index (χ0n) is 40.4. The molecule has 0 saturated carbocycles. The fourth-order valence-electron chi connectivity index (χ4n) is 7.08. The van der Waals surface area contributed by atoms with E-state index in [2.05, 4.69) is 41.9 Å². The summed E-state index contributed by atoms with van der Waals surface area (Å²) < 4.78 is 0. The Morgan fingerprint density at radius 3 is 1.73 bits per heavy atom. The number of rotatable bonds is 29. The molecule has 0 aliphatic rings. The van der Waals surface area contributed by atoms with Gasteiger partial charge in [-0.25, -0.2) is 4.98 Å². The third-order valence-electron chi connectivity index (χ3n) is 10.9. The zero-order chi connectivity index (χ0) is 52.1. The van der Waals surface area contributed by atoms with Crippen LogP contribution < -0.4 is 43.4 Å². The molecule has 22 heteroatoms. The van der Waals surface area contributed by atoms with Crippen molar-refractivity contribution in [3.63, 3.8) is 0 Å². The first kappa shape index (κ1) is 57.5. The standard InChI is InChI=1S/C48H68N10O11S/c1-26(2)20-35(45(66)58-41(28(5)6)48(69)70-19-18-39(61)62)54-44(65)36(22-29-10-8-7-9-11-29)56-47(68)40(27(3)4)57-46(67)37(23-31-24-51-25-52-31)55-43(64)34(16-17-38(50)60)53-42(63)33(49)21-30-12-14-32(59)15-13-30/h7-15,24-28,33-37,40-41,59H,16-23,49H2,1-6H3,(H2,50,60)(H,51,52)(H,53,63)(H,54,65)(H,55,64)(H,56,68)(H,57,67)(H,58,66)(H,61,62)/t33-,34-,35-,36-,37-,40-,41-/m0/s1. The van der Waals surface area contributed by atoms with Crippen LogP contribution in [0.3, 0.4) is 0 Å². The average Bonchev–Trinajstić information content (AvgIpc) is 3.81. The number of imidazole rings is 1. The number of benzene rings is 2. The number of nitrogens with one attached hydrogen (secondary N) is 7. The van der Waals surface area contributed by atoms with E-state index in [0.717, 1.165) is 11.8 Å². The monoisotopic (exact) mass is 992 g/mol. The van der Waals surface area contributed by atoms with Crippen molar-refractivity contribution in [2.75, 3.05) is 5.75 Å². The van der Waals surface area contributed by atoms with Crippen molar-refractivity contribution < 1.29 is 53.4 Å². The highest BCUT2D eigenvalue weighted by Gasteiger charge is 2.36. The van der Waals surface area contributed by atoms with E-state index < -0.39 is 101 Å². The summed E-state index contributed by atoms with van der Waals surface area (Å²) in [6.45, 7) is 10.4. The predicted molar refractivity (Wildman–Crippen MR) is 261 cm³/mol. The van der Waals surface area contributed by atoms with E-state index in [0.29, 0.717) is 16.8 Å². The molecule has 7 amide bonds. The maximum absolute atomic E-state index is 14.3. The highest BCUT2D eigenvalue weighted by molar-refractivity contribution is 8.13. The summed E-state index contributed by atoms with van der Waals surface area (Å²) in [5.41, 5.74) is 13.3. The average molecular weight is 993 g/mol. The number of carbonyl (C=O) groups is 9. The van der Waals surface area contributed by atoms with Gasteiger partial charge in [-0.05, 0) is 60.3 Å². The summed E-state index contributed by atoms with van der Waals surface area (Å²) in [5, 5.41) is 34.4. The Labute approximate surface area is 411 Å². The summed E-state index contributed by atoms with van der Waals surface area (Å²) in [5.74, 6) is -7.46. The fourth-order valence-corrected chi connectivity index (χ4v) is 8.06. The number of phenolic OH excluding ortho intramolecular Hbond substituents is 1. The minimum absolute atomic E-state index is 0.0103.